The van der Waals surface area contributed by atoms with Crippen molar-refractivity contribution in [3.8, 4) is 0 Å². The Hall–Kier alpha value is -0.0200. The minimum Gasteiger partial charge on any atom is -0.273 e. The Morgan fingerprint density at radius 2 is 0.929 bits per heavy atom. The summed E-state index contributed by atoms with van der Waals surface area (Å²) >= 11 is 0. The van der Waals surface area contributed by atoms with E-state index in [1.165, 1.54) is 0 Å². The van der Waals surface area contributed by atoms with Crippen molar-refractivity contribution in [2.24, 2.45) is 0 Å². The number of hydrogen-bond acceptors (Lipinski definition) is 7. The van der Waals surface area contributed by atoms with E-state index in [4.69, 9.17) is 22.1 Å². The van der Waals surface area contributed by atoms with Crippen LogP contribution >= 0.6 is 10.7 Å². The zero-order chi connectivity index (χ0) is 12.2. The topological polar surface area (TPSA) is 172 Å². The van der Waals surface area contributed by atoms with Gasteiger partial charge in [0.05, 0.1) is 0 Å². The first kappa shape index (κ1) is 16.4. The monoisotopic (exact) mass is 294 g/mol. The van der Waals surface area contributed by atoms with E-state index < -0.39 is 30.1 Å². The van der Waals surface area contributed by atoms with Crippen molar-refractivity contribution in [3.05, 3.63) is 0 Å². The van der Waals surface area contributed by atoms with Crippen LogP contribution in [0.1, 0.15) is 0 Å². The van der Waals surface area contributed by atoms with Crippen molar-refractivity contribution in [1.82, 2.24) is 0 Å². The summed E-state index contributed by atoms with van der Waals surface area (Å²) < 4.78 is 80.7. The Bertz CT molecular complexity index is 407. The molecule has 0 aromatic rings. The summed E-state index contributed by atoms with van der Waals surface area (Å²) in [4.78, 5) is 0. The molecule has 0 aliphatic carbocycles. The molecular formula is H3ClO10S3. The van der Waals surface area contributed by atoms with Crippen LogP contribution in [-0.2, 0) is 33.8 Å². The Kier molecular flexibility index (Phi) is 6.06. The largest absolute Gasteiger partial charge is 0.413 e. The van der Waals surface area contributed by atoms with Gasteiger partial charge in [-0.25, -0.2) is 0 Å². The van der Waals surface area contributed by atoms with Crippen LogP contribution in [0.4, 0.5) is 0 Å². The molecule has 0 aromatic carbocycles. The molecule has 0 radical (unpaired) electrons. The van der Waals surface area contributed by atoms with Crippen LogP contribution in [0.15, 0.2) is 0 Å². The van der Waals surface area contributed by atoms with Crippen molar-refractivity contribution < 1.29 is 42.5 Å². The lowest BCUT2D eigenvalue weighted by molar-refractivity contribution is 0.344. The molecule has 0 saturated heterocycles. The van der Waals surface area contributed by atoms with E-state index in [0.29, 0.717) is 0 Å². The molecule has 0 heterocycles. The summed E-state index contributed by atoms with van der Waals surface area (Å²) in [5.41, 5.74) is 0. The lowest BCUT2D eigenvalue weighted by atomic mass is 15.8. The van der Waals surface area contributed by atoms with Gasteiger partial charge in [-0.2, -0.15) is 25.3 Å². The molecule has 88 valence electrons. The van der Waals surface area contributed by atoms with E-state index in [2.05, 4.69) is 14.3 Å². The molecule has 0 amide bonds. The molecule has 0 rings (SSSR count). The van der Waals surface area contributed by atoms with Crippen LogP contribution in [0.25, 0.3) is 0 Å². The van der Waals surface area contributed by atoms with Crippen LogP contribution in [0.3, 0.4) is 0 Å². The highest BCUT2D eigenvalue weighted by Crippen LogP contribution is 1.91. The summed E-state index contributed by atoms with van der Waals surface area (Å²) in [5.74, 6) is 0. The van der Waals surface area contributed by atoms with Crippen molar-refractivity contribution in [2.75, 3.05) is 0 Å². The predicted molar refractivity (Wildman–Crippen MR) is 41.6 cm³/mol. The van der Waals surface area contributed by atoms with Crippen molar-refractivity contribution in [3.63, 3.8) is 0 Å². The summed E-state index contributed by atoms with van der Waals surface area (Å²) in [5, 5.41) is 0. The Balaban J connectivity index is 0. The first-order valence-corrected chi connectivity index (χ1v) is 7.03. The van der Waals surface area contributed by atoms with Gasteiger partial charge in [0, 0.05) is 10.7 Å². The van der Waals surface area contributed by atoms with Gasteiger partial charge in [0.25, 0.3) is 0 Å². The lowest BCUT2D eigenvalue weighted by Crippen LogP contribution is -2.10. The zero-order valence-corrected chi connectivity index (χ0v) is 9.01. The van der Waals surface area contributed by atoms with E-state index in [1.807, 2.05) is 0 Å². The fourth-order valence-electron chi connectivity index (χ4n) is 0.109. The van der Waals surface area contributed by atoms with E-state index in [1.54, 1.807) is 0 Å². The van der Waals surface area contributed by atoms with E-state index in [9.17, 15) is 16.8 Å². The summed E-state index contributed by atoms with van der Waals surface area (Å²) in [6.45, 7) is 0. The maximum Gasteiger partial charge on any atom is 0.413 e. The SMILES string of the molecule is O=S(=O)(O)Cl.O=S(=O)(O)OS(=O)(=O)O. The number of rotatable bonds is 2. The second-order valence-corrected chi connectivity index (χ2v) is 5.59. The summed E-state index contributed by atoms with van der Waals surface area (Å²) in [6.07, 6.45) is 0. The average Bonchev–Trinajstić information content (AvgIpc) is 1.42. The normalized spacial score (nSPS) is 12.9. The van der Waals surface area contributed by atoms with Gasteiger partial charge < -0.3 is 0 Å². The Morgan fingerprint density at radius 3 is 0.929 bits per heavy atom. The van der Waals surface area contributed by atoms with Crippen molar-refractivity contribution in [1.29, 1.82) is 0 Å². The minimum absolute atomic E-state index is 2.68. The molecule has 0 aliphatic rings. The lowest BCUT2D eigenvalue weighted by Gasteiger charge is -1.89. The molecule has 0 bridgehead atoms. The van der Waals surface area contributed by atoms with Crippen LogP contribution in [-0.4, -0.2) is 38.9 Å². The van der Waals surface area contributed by atoms with Crippen LogP contribution in [0.5, 0.6) is 0 Å². The molecule has 0 unspecified atom stereocenters. The molecule has 10 nitrogen and oxygen atoms in total. The third-order valence-electron chi connectivity index (χ3n) is 0.172. The second kappa shape index (κ2) is 5.17. The molecule has 0 aliphatic heterocycles. The van der Waals surface area contributed by atoms with Crippen LogP contribution in [0, 0.1) is 0 Å². The fraction of sp³-hybridized carbons (Fsp3) is 0. The highest BCUT2D eigenvalue weighted by molar-refractivity contribution is 8.09. The summed E-state index contributed by atoms with van der Waals surface area (Å²) in [7, 11) is -10.4. The number of halogens is 1. The molecular weight excluding hydrogens is 292 g/mol. The predicted octanol–water partition coefficient (Wildman–Crippen LogP) is -1.36. The molecule has 14 heteroatoms. The third-order valence-corrected chi connectivity index (χ3v) is 1.55. The molecule has 0 fully saturated rings. The third kappa shape index (κ3) is 40.4. The quantitative estimate of drug-likeness (QED) is 0.407. The van der Waals surface area contributed by atoms with Gasteiger partial charge in [-0.15, -0.1) is 3.63 Å². The molecule has 3 N–H and O–H groups in total. The molecule has 0 atom stereocenters. The molecule has 0 aromatic heterocycles. The smallest absolute Gasteiger partial charge is 0.273 e. The van der Waals surface area contributed by atoms with E-state index in [-0.39, 0.29) is 0 Å². The van der Waals surface area contributed by atoms with E-state index in [0.717, 1.165) is 0 Å². The highest BCUT2D eigenvalue weighted by Gasteiger charge is 2.15. The summed E-state index contributed by atoms with van der Waals surface area (Å²) in [6, 6.07) is 0. The van der Waals surface area contributed by atoms with Crippen LogP contribution in [0.2, 0.25) is 0 Å². The van der Waals surface area contributed by atoms with Crippen LogP contribution < -0.4 is 0 Å². The fourth-order valence-corrected chi connectivity index (χ4v) is 0.978. The second-order valence-electron chi connectivity index (χ2n) is 1.34. The van der Waals surface area contributed by atoms with Crippen molar-refractivity contribution in [2.45, 2.75) is 0 Å². The molecule has 0 spiro atoms. The van der Waals surface area contributed by atoms with E-state index >= 15 is 0 Å². The Morgan fingerprint density at radius 1 is 0.786 bits per heavy atom. The van der Waals surface area contributed by atoms with Gasteiger partial charge in [0.15, 0.2) is 0 Å². The maximum atomic E-state index is 9.44. The highest BCUT2D eigenvalue weighted by atomic mass is 35.7. The Labute approximate surface area is 83.6 Å². The van der Waals surface area contributed by atoms with Gasteiger partial charge in [-0.05, 0) is 0 Å². The first-order valence-electron chi connectivity index (χ1n) is 2.04. The van der Waals surface area contributed by atoms with Gasteiger partial charge in [-0.3, -0.25) is 13.7 Å². The molecule has 0 saturated carbocycles. The van der Waals surface area contributed by atoms with Gasteiger partial charge >= 0.3 is 30.1 Å². The zero-order valence-electron chi connectivity index (χ0n) is 5.80. The number of hydrogen-bond donors (Lipinski definition) is 3. The maximum absolute atomic E-state index is 9.44. The molecule has 14 heavy (non-hydrogen) atoms. The first-order chi connectivity index (χ1) is 5.71. The van der Waals surface area contributed by atoms with Gasteiger partial charge in [-0.1, -0.05) is 0 Å². The average molecular weight is 295 g/mol. The van der Waals surface area contributed by atoms with Gasteiger partial charge in [0.1, 0.15) is 0 Å². The minimum atomic E-state index is -5.12. The van der Waals surface area contributed by atoms with Gasteiger partial charge in [0.2, 0.25) is 0 Å². The standard InChI is InChI=1S/ClHO3S.H2O7S2/c1-5(2,3)4;1-8(2,3)7-9(4,5)6/h(H,2,3,4);(H,1,2,3)(H,4,5,6). The van der Waals surface area contributed by atoms with Crippen molar-refractivity contribution >= 4 is 40.8 Å².